The van der Waals surface area contributed by atoms with Gasteiger partial charge >= 0.3 is 7.15 Å². The third kappa shape index (κ3) is 7.79. The van der Waals surface area contributed by atoms with Crippen LogP contribution in [0.25, 0.3) is 0 Å². The standard InChI is InChI=1S/C7H17NO4PS.C2H6/c1-11-13(9,10)14-7-4-8-2-5-12-6-3-8;1-2/h9-10H,2-7H2,1H3;1-2H3/q+1;. The second kappa shape index (κ2) is 9.59. The molecular weight excluding hydrogens is 249 g/mol. The lowest BCUT2D eigenvalue weighted by atomic mass is 10.4. The van der Waals surface area contributed by atoms with Crippen molar-refractivity contribution in [3.63, 3.8) is 0 Å². The highest BCUT2D eigenvalue weighted by atomic mass is 32.7. The number of morpholine rings is 1. The Bertz CT molecular complexity index is 168. The topological polar surface area (TPSA) is 62.2 Å². The van der Waals surface area contributed by atoms with Crippen molar-refractivity contribution in [2.75, 3.05) is 45.7 Å². The van der Waals surface area contributed by atoms with Crippen LogP contribution >= 0.6 is 18.5 Å². The lowest BCUT2D eigenvalue weighted by Crippen LogP contribution is -2.37. The molecule has 7 heteroatoms. The lowest BCUT2D eigenvalue weighted by Gasteiger charge is -2.25. The third-order valence-corrected chi connectivity index (χ3v) is 5.19. The Labute approximate surface area is 102 Å². The van der Waals surface area contributed by atoms with Gasteiger partial charge < -0.3 is 4.74 Å². The van der Waals surface area contributed by atoms with Gasteiger partial charge in [-0.15, -0.1) is 0 Å². The van der Waals surface area contributed by atoms with Gasteiger partial charge in [-0.2, -0.15) is 14.3 Å². The molecule has 1 fully saturated rings. The van der Waals surface area contributed by atoms with Crippen molar-refractivity contribution in [1.29, 1.82) is 0 Å². The normalized spacial score (nSPS) is 17.8. The van der Waals surface area contributed by atoms with Crippen LogP contribution in [0.4, 0.5) is 0 Å². The molecule has 1 aliphatic rings. The summed E-state index contributed by atoms with van der Waals surface area (Å²) in [6, 6.07) is 0. The van der Waals surface area contributed by atoms with Crippen LogP contribution in [0, 0.1) is 0 Å². The largest absolute Gasteiger partial charge is 0.475 e. The van der Waals surface area contributed by atoms with Gasteiger partial charge in [0, 0.05) is 19.6 Å². The second-order valence-electron chi connectivity index (χ2n) is 2.96. The predicted molar refractivity (Wildman–Crippen MR) is 69.4 cm³/mol. The summed E-state index contributed by atoms with van der Waals surface area (Å²) < 4.78 is 9.77. The van der Waals surface area contributed by atoms with Gasteiger partial charge in [-0.3, -0.25) is 4.90 Å². The quantitative estimate of drug-likeness (QED) is 0.737. The van der Waals surface area contributed by atoms with Crippen molar-refractivity contribution in [1.82, 2.24) is 4.90 Å². The van der Waals surface area contributed by atoms with E-state index in [1.54, 1.807) is 0 Å². The van der Waals surface area contributed by atoms with Crippen molar-refractivity contribution in [2.45, 2.75) is 13.8 Å². The van der Waals surface area contributed by atoms with Gasteiger partial charge in [-0.05, 0) is 0 Å². The first-order chi connectivity index (χ1) is 7.64. The zero-order valence-corrected chi connectivity index (χ0v) is 12.0. The predicted octanol–water partition coefficient (Wildman–Crippen LogP) is 1.39. The number of hydrogen-bond acceptors (Lipinski definition) is 6. The lowest BCUT2D eigenvalue weighted by molar-refractivity contribution is 0.0410. The fraction of sp³-hybridized carbons (Fsp3) is 1.00. The van der Waals surface area contributed by atoms with E-state index in [-0.39, 0.29) is 0 Å². The molecule has 0 bridgehead atoms. The highest BCUT2D eigenvalue weighted by Crippen LogP contribution is 2.62. The first-order valence-electron chi connectivity index (χ1n) is 5.49. The van der Waals surface area contributed by atoms with Crippen LogP contribution in [0.5, 0.6) is 0 Å². The Balaban J connectivity index is 0.00000106. The van der Waals surface area contributed by atoms with E-state index in [9.17, 15) is 9.79 Å². The molecular formula is C9H23NO4PS+. The van der Waals surface area contributed by atoms with Crippen LogP contribution in [0.3, 0.4) is 0 Å². The molecule has 1 aliphatic heterocycles. The molecule has 1 heterocycles. The summed E-state index contributed by atoms with van der Waals surface area (Å²) in [6.45, 7) is 8.24. The van der Waals surface area contributed by atoms with Crippen LogP contribution < -0.4 is 0 Å². The van der Waals surface area contributed by atoms with Gasteiger partial charge in [0.05, 0.1) is 26.1 Å². The van der Waals surface area contributed by atoms with Crippen molar-refractivity contribution >= 4 is 18.5 Å². The highest BCUT2D eigenvalue weighted by molar-refractivity contribution is 8.57. The number of hydrogen-bond donors (Lipinski definition) is 2. The minimum atomic E-state index is -3.13. The average Bonchev–Trinajstić information content (AvgIpc) is 2.33. The third-order valence-electron chi connectivity index (χ3n) is 2.01. The zero-order chi connectivity index (χ0) is 12.4. The number of rotatable bonds is 5. The molecule has 0 radical (unpaired) electrons. The summed E-state index contributed by atoms with van der Waals surface area (Å²) in [5.41, 5.74) is 0. The molecule has 0 spiro atoms. The van der Waals surface area contributed by atoms with Crippen LogP contribution in [-0.2, 0) is 9.26 Å². The van der Waals surface area contributed by atoms with Crippen molar-refractivity contribution in [3.8, 4) is 0 Å². The molecule has 1 saturated heterocycles. The molecule has 5 nitrogen and oxygen atoms in total. The summed E-state index contributed by atoms with van der Waals surface area (Å²) in [7, 11) is -1.82. The van der Waals surface area contributed by atoms with E-state index in [4.69, 9.17) is 4.74 Å². The Hall–Kier alpha value is 0.580. The summed E-state index contributed by atoms with van der Waals surface area (Å²) >= 11 is 1.09. The van der Waals surface area contributed by atoms with E-state index in [0.717, 1.165) is 44.2 Å². The molecule has 16 heavy (non-hydrogen) atoms. The first-order valence-corrected chi connectivity index (χ1v) is 8.69. The van der Waals surface area contributed by atoms with E-state index < -0.39 is 7.15 Å². The molecule has 0 unspecified atom stereocenters. The molecule has 98 valence electrons. The molecule has 2 N–H and O–H groups in total. The summed E-state index contributed by atoms with van der Waals surface area (Å²) in [6.07, 6.45) is 0. The van der Waals surface area contributed by atoms with Crippen molar-refractivity contribution < 1.29 is 19.0 Å². The highest BCUT2D eigenvalue weighted by Gasteiger charge is 2.36. The maximum Gasteiger partial charge on any atom is 0.475 e. The van der Waals surface area contributed by atoms with Crippen LogP contribution in [0.1, 0.15) is 13.8 Å². The molecule has 0 atom stereocenters. The van der Waals surface area contributed by atoms with Crippen molar-refractivity contribution in [2.24, 2.45) is 0 Å². The number of nitrogens with zero attached hydrogens (tertiary/aromatic N) is 1. The Morgan fingerprint density at radius 2 is 1.88 bits per heavy atom. The fourth-order valence-corrected chi connectivity index (χ4v) is 3.12. The summed E-state index contributed by atoms with van der Waals surface area (Å²) in [5.74, 6) is 0.675. The van der Waals surface area contributed by atoms with Gasteiger partial charge in [0.15, 0.2) is 0 Å². The zero-order valence-electron chi connectivity index (χ0n) is 10.3. The molecule has 0 amide bonds. The monoisotopic (exact) mass is 272 g/mol. The van der Waals surface area contributed by atoms with E-state index in [2.05, 4.69) is 9.42 Å². The minimum Gasteiger partial charge on any atom is -0.379 e. The first kappa shape index (κ1) is 16.6. The smallest absolute Gasteiger partial charge is 0.379 e. The molecule has 0 aromatic carbocycles. The van der Waals surface area contributed by atoms with Gasteiger partial charge in [-0.25, -0.2) is 0 Å². The molecule has 0 aromatic rings. The average molecular weight is 272 g/mol. The van der Waals surface area contributed by atoms with Gasteiger partial charge in [0.2, 0.25) is 0 Å². The Morgan fingerprint density at radius 3 is 2.38 bits per heavy atom. The minimum absolute atomic E-state index is 0.675. The van der Waals surface area contributed by atoms with Crippen LogP contribution in [-0.4, -0.2) is 60.4 Å². The molecule has 1 rings (SSSR count). The molecule has 0 aliphatic carbocycles. The molecule has 0 saturated carbocycles. The fourth-order valence-electron chi connectivity index (χ4n) is 1.17. The molecule has 0 aromatic heterocycles. The van der Waals surface area contributed by atoms with Gasteiger partial charge in [0.25, 0.3) is 0 Å². The van der Waals surface area contributed by atoms with Crippen LogP contribution in [0.15, 0.2) is 0 Å². The van der Waals surface area contributed by atoms with E-state index in [1.165, 1.54) is 7.11 Å². The van der Waals surface area contributed by atoms with E-state index in [1.807, 2.05) is 13.8 Å². The Kier molecular flexibility index (Phi) is 9.94. The van der Waals surface area contributed by atoms with Gasteiger partial charge in [0.1, 0.15) is 11.4 Å². The van der Waals surface area contributed by atoms with Crippen LogP contribution in [0.2, 0.25) is 0 Å². The summed E-state index contributed by atoms with van der Waals surface area (Å²) in [5, 5.41) is 0. The Morgan fingerprint density at radius 1 is 1.31 bits per heavy atom. The van der Waals surface area contributed by atoms with E-state index in [0.29, 0.717) is 5.75 Å². The summed E-state index contributed by atoms with van der Waals surface area (Å²) in [4.78, 5) is 20.7. The maximum absolute atomic E-state index is 9.22. The van der Waals surface area contributed by atoms with Gasteiger partial charge in [-0.1, -0.05) is 13.8 Å². The number of ether oxygens (including phenoxy) is 1. The SMILES string of the molecule is CC.CO[P+](O)(O)SCCN1CCOCC1. The maximum atomic E-state index is 9.22. The second-order valence-corrected chi connectivity index (χ2v) is 7.17. The van der Waals surface area contributed by atoms with Crippen molar-refractivity contribution in [3.05, 3.63) is 0 Å². The van der Waals surface area contributed by atoms with E-state index >= 15 is 0 Å².